The van der Waals surface area contributed by atoms with Gasteiger partial charge < -0.3 is 25.4 Å². The van der Waals surface area contributed by atoms with Crippen molar-refractivity contribution in [2.75, 3.05) is 46.9 Å². The average molecular weight is 350 g/mol. The number of hydrogen-bond donors (Lipinski definition) is 2. The van der Waals surface area contributed by atoms with Crippen molar-refractivity contribution in [2.24, 2.45) is 5.73 Å². The Kier molecular flexibility index (Phi) is 6.88. The van der Waals surface area contributed by atoms with Crippen LogP contribution in [0, 0.1) is 0 Å². The highest BCUT2D eigenvalue weighted by Crippen LogP contribution is 2.22. The number of methoxy groups -OCH3 is 2. The molecule has 1 heterocycles. The molecule has 3 N–H and O–H groups in total. The summed E-state index contributed by atoms with van der Waals surface area (Å²) in [4.78, 5) is 27.1. The molecule has 0 spiro atoms. The zero-order valence-electron chi connectivity index (χ0n) is 14.8. The van der Waals surface area contributed by atoms with Crippen LogP contribution in [-0.2, 0) is 11.3 Å². The van der Waals surface area contributed by atoms with Gasteiger partial charge in [0.2, 0.25) is 5.91 Å². The molecule has 3 amide bonds. The molecule has 2 rings (SSSR count). The molecule has 1 aliphatic rings. The van der Waals surface area contributed by atoms with Gasteiger partial charge in [0.25, 0.3) is 0 Å². The molecule has 0 unspecified atom stereocenters. The molecule has 0 aromatic heterocycles. The summed E-state index contributed by atoms with van der Waals surface area (Å²) in [5.41, 5.74) is 6.07. The minimum Gasteiger partial charge on any atom is -0.497 e. The molecule has 0 saturated carbocycles. The van der Waals surface area contributed by atoms with E-state index in [1.54, 1.807) is 25.2 Å². The molecule has 0 radical (unpaired) electrons. The highest BCUT2D eigenvalue weighted by Gasteiger charge is 2.21. The van der Waals surface area contributed by atoms with Crippen molar-refractivity contribution in [1.29, 1.82) is 0 Å². The molecule has 8 nitrogen and oxygen atoms in total. The van der Waals surface area contributed by atoms with E-state index in [4.69, 9.17) is 15.2 Å². The van der Waals surface area contributed by atoms with Crippen LogP contribution in [0.1, 0.15) is 12.0 Å². The predicted octanol–water partition coefficient (Wildman–Crippen LogP) is 0.406. The van der Waals surface area contributed by atoms with Gasteiger partial charge in [-0.2, -0.15) is 0 Å². The second-order valence-electron chi connectivity index (χ2n) is 5.92. The zero-order valence-corrected chi connectivity index (χ0v) is 14.8. The fraction of sp³-hybridized carbons (Fsp3) is 0.529. The average Bonchev–Trinajstić information content (AvgIpc) is 2.64. The number of hydrogen-bond acceptors (Lipinski definition) is 5. The fourth-order valence-corrected chi connectivity index (χ4v) is 2.70. The number of amides is 3. The molecule has 138 valence electrons. The lowest BCUT2D eigenvalue weighted by Gasteiger charge is -2.34. The van der Waals surface area contributed by atoms with Crippen molar-refractivity contribution in [3.63, 3.8) is 0 Å². The number of nitrogens with zero attached hydrogens (tertiary/aromatic N) is 2. The Hall–Kier alpha value is -2.48. The van der Waals surface area contributed by atoms with E-state index in [0.29, 0.717) is 44.1 Å². The molecule has 1 aliphatic heterocycles. The molecule has 8 heteroatoms. The van der Waals surface area contributed by atoms with Crippen molar-refractivity contribution in [1.82, 2.24) is 15.1 Å². The lowest BCUT2D eigenvalue weighted by atomic mass is 10.2. The third-order valence-electron chi connectivity index (χ3n) is 4.19. The molecule has 0 aliphatic carbocycles. The van der Waals surface area contributed by atoms with Crippen LogP contribution in [0.5, 0.6) is 11.5 Å². The first-order valence-electron chi connectivity index (χ1n) is 8.27. The van der Waals surface area contributed by atoms with E-state index in [0.717, 1.165) is 18.7 Å². The van der Waals surface area contributed by atoms with E-state index >= 15 is 0 Å². The first kappa shape index (κ1) is 18.9. The minimum absolute atomic E-state index is 0.101. The van der Waals surface area contributed by atoms with Crippen molar-refractivity contribution in [2.45, 2.75) is 13.0 Å². The maximum absolute atomic E-state index is 12.3. The Balaban J connectivity index is 1.80. The maximum atomic E-state index is 12.3. The number of urea groups is 1. The van der Waals surface area contributed by atoms with Crippen LogP contribution in [0.4, 0.5) is 4.79 Å². The van der Waals surface area contributed by atoms with Crippen LogP contribution >= 0.6 is 0 Å². The van der Waals surface area contributed by atoms with Crippen LogP contribution in [0.15, 0.2) is 18.2 Å². The highest BCUT2D eigenvalue weighted by atomic mass is 16.5. The lowest BCUT2D eigenvalue weighted by Crippen LogP contribution is -2.52. The Labute approximate surface area is 147 Å². The normalized spacial score (nSPS) is 14.9. The molecule has 1 aromatic rings. The van der Waals surface area contributed by atoms with E-state index in [1.165, 1.54) is 0 Å². The number of primary amides is 1. The largest absolute Gasteiger partial charge is 0.497 e. The van der Waals surface area contributed by atoms with Gasteiger partial charge in [0.15, 0.2) is 0 Å². The van der Waals surface area contributed by atoms with Crippen LogP contribution in [0.2, 0.25) is 0 Å². The van der Waals surface area contributed by atoms with Gasteiger partial charge in [-0.3, -0.25) is 9.69 Å². The van der Waals surface area contributed by atoms with Gasteiger partial charge in [-0.15, -0.1) is 0 Å². The number of nitrogens with one attached hydrogen (secondary N) is 1. The summed E-state index contributed by atoms with van der Waals surface area (Å²) >= 11 is 0. The van der Waals surface area contributed by atoms with Crippen LogP contribution in [-0.4, -0.2) is 68.7 Å². The van der Waals surface area contributed by atoms with E-state index in [-0.39, 0.29) is 11.9 Å². The molecular weight excluding hydrogens is 324 g/mol. The summed E-state index contributed by atoms with van der Waals surface area (Å²) in [7, 11) is 3.18. The van der Waals surface area contributed by atoms with Gasteiger partial charge in [0, 0.05) is 51.8 Å². The first-order valence-corrected chi connectivity index (χ1v) is 8.27. The second-order valence-corrected chi connectivity index (χ2v) is 5.92. The molecule has 1 aromatic carbocycles. The predicted molar refractivity (Wildman–Crippen MR) is 93.6 cm³/mol. The zero-order chi connectivity index (χ0) is 18.2. The number of ether oxygens (including phenoxy) is 2. The Bertz CT molecular complexity index is 578. The summed E-state index contributed by atoms with van der Waals surface area (Å²) in [6.07, 6.45) is 0.351. The third-order valence-corrected chi connectivity index (χ3v) is 4.19. The highest BCUT2D eigenvalue weighted by molar-refractivity contribution is 5.74. The summed E-state index contributed by atoms with van der Waals surface area (Å²) < 4.78 is 10.5. The Morgan fingerprint density at radius 2 is 1.68 bits per heavy atom. The molecule has 0 atom stereocenters. The van der Waals surface area contributed by atoms with E-state index in [2.05, 4.69) is 10.2 Å². The number of nitrogens with two attached hydrogens (primary N) is 1. The number of rotatable bonds is 7. The molecular formula is C17H26N4O4. The van der Waals surface area contributed by atoms with Gasteiger partial charge in [-0.25, -0.2) is 4.79 Å². The van der Waals surface area contributed by atoms with Gasteiger partial charge in [0.05, 0.1) is 14.2 Å². The molecule has 25 heavy (non-hydrogen) atoms. The quantitative estimate of drug-likeness (QED) is 0.742. The topological polar surface area (TPSA) is 97.1 Å². The number of carbonyl (C=O) groups excluding carboxylic acids is 2. The molecule has 1 saturated heterocycles. The first-order chi connectivity index (χ1) is 12.0. The Morgan fingerprint density at radius 3 is 2.20 bits per heavy atom. The van der Waals surface area contributed by atoms with Crippen molar-refractivity contribution < 1.29 is 19.1 Å². The molecule has 1 fully saturated rings. The van der Waals surface area contributed by atoms with Gasteiger partial charge in [-0.05, 0) is 17.7 Å². The summed E-state index contributed by atoms with van der Waals surface area (Å²) in [6.45, 7) is 3.79. The SMILES string of the molecule is COc1cc(CNC(=O)N2CCN(CCC(N)=O)CC2)cc(OC)c1. The number of piperazine rings is 1. The standard InChI is InChI=1S/C17H26N4O4/c1-24-14-9-13(10-15(11-14)25-2)12-19-17(23)21-7-5-20(6-8-21)4-3-16(18)22/h9-11H,3-8,12H2,1-2H3,(H2,18,22)(H,19,23). The minimum atomic E-state index is -0.297. The van der Waals surface area contributed by atoms with E-state index in [9.17, 15) is 9.59 Å². The summed E-state index contributed by atoms with van der Waals surface area (Å²) in [5, 5.41) is 2.92. The Morgan fingerprint density at radius 1 is 1.08 bits per heavy atom. The molecule has 0 bridgehead atoms. The summed E-state index contributed by atoms with van der Waals surface area (Å²) in [5.74, 6) is 1.08. The lowest BCUT2D eigenvalue weighted by molar-refractivity contribution is -0.118. The van der Waals surface area contributed by atoms with Crippen LogP contribution in [0.25, 0.3) is 0 Å². The van der Waals surface area contributed by atoms with Crippen LogP contribution < -0.4 is 20.5 Å². The van der Waals surface area contributed by atoms with Gasteiger partial charge in [0.1, 0.15) is 11.5 Å². The summed E-state index contributed by atoms with van der Waals surface area (Å²) in [6, 6.07) is 5.42. The monoisotopic (exact) mass is 350 g/mol. The van der Waals surface area contributed by atoms with Crippen LogP contribution in [0.3, 0.4) is 0 Å². The second kappa shape index (κ2) is 9.12. The van der Waals surface area contributed by atoms with Gasteiger partial charge in [-0.1, -0.05) is 0 Å². The fourth-order valence-electron chi connectivity index (χ4n) is 2.70. The number of benzene rings is 1. The number of carbonyl (C=O) groups is 2. The van der Waals surface area contributed by atoms with Crippen molar-refractivity contribution in [3.8, 4) is 11.5 Å². The van der Waals surface area contributed by atoms with Crippen molar-refractivity contribution in [3.05, 3.63) is 23.8 Å². The van der Waals surface area contributed by atoms with Crippen molar-refractivity contribution >= 4 is 11.9 Å². The third kappa shape index (κ3) is 5.82. The van der Waals surface area contributed by atoms with Gasteiger partial charge >= 0.3 is 6.03 Å². The smallest absolute Gasteiger partial charge is 0.317 e. The van der Waals surface area contributed by atoms with E-state index in [1.807, 2.05) is 12.1 Å². The van der Waals surface area contributed by atoms with E-state index < -0.39 is 0 Å². The maximum Gasteiger partial charge on any atom is 0.317 e.